The van der Waals surface area contributed by atoms with Gasteiger partial charge in [-0.1, -0.05) is 12.1 Å². The number of hydrogen-bond acceptors (Lipinski definition) is 3. The van der Waals surface area contributed by atoms with Crippen LogP contribution in [0.25, 0.3) is 0 Å². The van der Waals surface area contributed by atoms with Crippen molar-refractivity contribution in [2.75, 3.05) is 27.7 Å². The predicted molar refractivity (Wildman–Crippen MR) is 63.4 cm³/mol. The molecule has 1 aromatic rings. The summed E-state index contributed by atoms with van der Waals surface area (Å²) in [5.41, 5.74) is 2.85. The van der Waals surface area contributed by atoms with Crippen LogP contribution in [0.5, 0.6) is 5.75 Å². The standard InChI is InChI=1S/C12H18NO.CH2O2/c1-13(2)8-7-10-5-4-6-12(14-3)11(10)9-13;2-1-3/h4-6H,7-9H2,1-3H3;1H,(H,2,3)/q+1;/p-1. The van der Waals surface area contributed by atoms with Gasteiger partial charge in [0.2, 0.25) is 0 Å². The molecule has 0 spiro atoms. The average Bonchev–Trinajstić information content (AvgIpc) is 2.28. The van der Waals surface area contributed by atoms with Crippen molar-refractivity contribution in [2.45, 2.75) is 13.0 Å². The van der Waals surface area contributed by atoms with Crippen molar-refractivity contribution in [3.8, 4) is 5.75 Å². The van der Waals surface area contributed by atoms with E-state index in [4.69, 9.17) is 14.6 Å². The Morgan fingerprint density at radius 3 is 2.65 bits per heavy atom. The molecule has 0 radical (unpaired) electrons. The maximum Gasteiger partial charge on any atom is 0.127 e. The number of likely N-dealkylation sites (N-methyl/N-ethyl adjacent to an activating group) is 1. The van der Waals surface area contributed by atoms with Gasteiger partial charge in [0, 0.05) is 12.9 Å². The Labute approximate surface area is 102 Å². The summed E-state index contributed by atoms with van der Waals surface area (Å²) in [5, 5.41) is 8.25. The van der Waals surface area contributed by atoms with Gasteiger partial charge in [0.25, 0.3) is 0 Å². The van der Waals surface area contributed by atoms with E-state index in [-0.39, 0.29) is 0 Å². The van der Waals surface area contributed by atoms with E-state index in [0.717, 1.165) is 16.8 Å². The van der Waals surface area contributed by atoms with Crippen molar-refractivity contribution in [3.63, 3.8) is 0 Å². The van der Waals surface area contributed by atoms with E-state index in [9.17, 15) is 0 Å². The van der Waals surface area contributed by atoms with E-state index < -0.39 is 6.47 Å². The maximum absolute atomic E-state index is 8.25. The molecule has 1 aliphatic heterocycles. The molecule has 94 valence electrons. The lowest BCUT2D eigenvalue weighted by atomic mass is 9.98. The fraction of sp³-hybridized carbons (Fsp3) is 0.462. The molecular weight excluding hydrogens is 218 g/mol. The lowest BCUT2D eigenvalue weighted by Crippen LogP contribution is -2.43. The number of carbonyl (C=O) groups excluding carboxylic acids is 1. The molecule has 4 nitrogen and oxygen atoms in total. The highest BCUT2D eigenvalue weighted by atomic mass is 16.5. The molecule has 4 heteroatoms. The number of quaternary nitrogens is 1. The first-order chi connectivity index (χ1) is 8.04. The number of methoxy groups -OCH3 is 1. The Morgan fingerprint density at radius 2 is 2.06 bits per heavy atom. The first kappa shape index (κ1) is 13.5. The van der Waals surface area contributed by atoms with E-state index in [2.05, 4.69) is 32.3 Å². The molecule has 0 unspecified atom stereocenters. The van der Waals surface area contributed by atoms with Gasteiger partial charge in [-0.05, 0) is 11.6 Å². The van der Waals surface area contributed by atoms with E-state index in [1.165, 1.54) is 24.1 Å². The van der Waals surface area contributed by atoms with Gasteiger partial charge in [0.15, 0.2) is 0 Å². The Morgan fingerprint density at radius 1 is 1.41 bits per heavy atom. The van der Waals surface area contributed by atoms with E-state index >= 15 is 0 Å². The highest BCUT2D eigenvalue weighted by Crippen LogP contribution is 2.29. The van der Waals surface area contributed by atoms with E-state index in [1.54, 1.807) is 7.11 Å². The van der Waals surface area contributed by atoms with E-state index in [0.29, 0.717) is 0 Å². The van der Waals surface area contributed by atoms with Crippen LogP contribution in [0.2, 0.25) is 0 Å². The summed E-state index contributed by atoms with van der Waals surface area (Å²) in [6.07, 6.45) is 1.17. The molecule has 0 fully saturated rings. The van der Waals surface area contributed by atoms with Crippen molar-refractivity contribution in [1.82, 2.24) is 0 Å². The number of hydrogen-bond donors (Lipinski definition) is 0. The zero-order chi connectivity index (χ0) is 12.9. The van der Waals surface area contributed by atoms with Crippen LogP contribution in [-0.4, -0.2) is 38.7 Å². The second-order valence-electron chi connectivity index (χ2n) is 4.76. The van der Waals surface area contributed by atoms with Gasteiger partial charge < -0.3 is 19.1 Å². The summed E-state index contributed by atoms with van der Waals surface area (Å²) in [5.74, 6) is 1.05. The molecule has 0 aromatic heterocycles. The highest BCUT2D eigenvalue weighted by molar-refractivity contribution is 5.40. The SMILES string of the molecule is COc1cccc2c1C[N+](C)(C)CC2.O=C[O-]. The van der Waals surface area contributed by atoms with Crippen molar-refractivity contribution < 1.29 is 19.1 Å². The number of carboxylic acid groups (broad SMARTS) is 1. The smallest absolute Gasteiger partial charge is 0.127 e. The van der Waals surface area contributed by atoms with Gasteiger partial charge >= 0.3 is 0 Å². The van der Waals surface area contributed by atoms with Gasteiger partial charge in [-0.2, -0.15) is 0 Å². The van der Waals surface area contributed by atoms with Crippen LogP contribution in [0.4, 0.5) is 0 Å². The molecule has 1 heterocycles. The van der Waals surface area contributed by atoms with Crippen LogP contribution in [0.1, 0.15) is 11.1 Å². The number of rotatable bonds is 1. The fourth-order valence-electron chi connectivity index (χ4n) is 2.15. The molecule has 0 N–H and O–H groups in total. The molecule has 2 rings (SSSR count). The third kappa shape index (κ3) is 3.46. The summed E-state index contributed by atoms with van der Waals surface area (Å²) in [6, 6.07) is 6.37. The van der Waals surface area contributed by atoms with Gasteiger partial charge in [-0.25, -0.2) is 0 Å². The fourth-order valence-corrected chi connectivity index (χ4v) is 2.15. The third-order valence-corrected chi connectivity index (χ3v) is 3.02. The van der Waals surface area contributed by atoms with Crippen LogP contribution >= 0.6 is 0 Å². The van der Waals surface area contributed by atoms with Crippen LogP contribution in [0.15, 0.2) is 18.2 Å². The average molecular weight is 237 g/mol. The molecule has 0 aliphatic carbocycles. The van der Waals surface area contributed by atoms with Gasteiger partial charge in [-0.15, -0.1) is 0 Å². The van der Waals surface area contributed by atoms with Crippen molar-refractivity contribution in [2.24, 2.45) is 0 Å². The summed E-state index contributed by atoms with van der Waals surface area (Å²) in [7, 11) is 6.30. The van der Waals surface area contributed by atoms with Crippen molar-refractivity contribution in [3.05, 3.63) is 29.3 Å². The van der Waals surface area contributed by atoms with Crippen LogP contribution in [0, 0.1) is 0 Å². The van der Waals surface area contributed by atoms with Gasteiger partial charge in [0.1, 0.15) is 12.3 Å². The summed E-state index contributed by atoms with van der Waals surface area (Å²) in [6.45, 7) is 1.81. The molecule has 0 amide bonds. The summed E-state index contributed by atoms with van der Waals surface area (Å²) >= 11 is 0. The van der Waals surface area contributed by atoms with Crippen LogP contribution < -0.4 is 9.84 Å². The zero-order valence-electron chi connectivity index (χ0n) is 10.6. The molecule has 1 aromatic carbocycles. The molecule has 0 saturated heterocycles. The minimum atomic E-state index is -0.500. The quantitative estimate of drug-likeness (QED) is 0.517. The Bertz CT molecular complexity index is 374. The third-order valence-electron chi connectivity index (χ3n) is 3.02. The van der Waals surface area contributed by atoms with Gasteiger partial charge in [-0.3, -0.25) is 0 Å². The van der Waals surface area contributed by atoms with Crippen molar-refractivity contribution in [1.29, 1.82) is 0 Å². The minimum absolute atomic E-state index is 0.500. The van der Waals surface area contributed by atoms with Crippen LogP contribution in [-0.2, 0) is 17.8 Å². The lowest BCUT2D eigenvalue weighted by Gasteiger charge is -2.35. The highest BCUT2D eigenvalue weighted by Gasteiger charge is 2.26. The number of carbonyl (C=O) groups is 1. The molecule has 1 aliphatic rings. The number of fused-ring (bicyclic) bond motifs is 1. The second-order valence-corrected chi connectivity index (χ2v) is 4.76. The monoisotopic (exact) mass is 237 g/mol. The minimum Gasteiger partial charge on any atom is -0.554 e. The predicted octanol–water partition coefficient (Wildman–Crippen LogP) is 0.194. The first-order valence-electron chi connectivity index (χ1n) is 5.56. The first-order valence-corrected chi connectivity index (χ1v) is 5.56. The van der Waals surface area contributed by atoms with Crippen molar-refractivity contribution >= 4 is 6.47 Å². The summed E-state index contributed by atoms with van der Waals surface area (Å²) in [4.78, 5) is 8.25. The number of benzene rings is 1. The number of ether oxygens (including phenoxy) is 1. The summed E-state index contributed by atoms with van der Waals surface area (Å²) < 4.78 is 6.46. The maximum atomic E-state index is 8.25. The van der Waals surface area contributed by atoms with Crippen LogP contribution in [0.3, 0.4) is 0 Å². The molecule has 0 atom stereocenters. The number of nitrogens with zero attached hydrogens (tertiary/aromatic N) is 1. The lowest BCUT2D eigenvalue weighted by molar-refractivity contribution is -0.905. The molecule has 0 saturated carbocycles. The molecular formula is C13H19NO3. The largest absolute Gasteiger partial charge is 0.554 e. The molecule has 0 bridgehead atoms. The Hall–Kier alpha value is -1.55. The Balaban J connectivity index is 0.000000437. The second kappa shape index (κ2) is 5.68. The normalized spacial score (nSPS) is 16.2. The van der Waals surface area contributed by atoms with Gasteiger partial charge in [0.05, 0.1) is 33.3 Å². The van der Waals surface area contributed by atoms with E-state index in [1.807, 2.05) is 0 Å². The Kier molecular flexibility index (Phi) is 4.52. The topological polar surface area (TPSA) is 49.4 Å². The zero-order valence-corrected chi connectivity index (χ0v) is 10.6. The molecule has 17 heavy (non-hydrogen) atoms.